The van der Waals surface area contributed by atoms with Crippen LogP contribution in [0.4, 0.5) is 23.1 Å². The van der Waals surface area contributed by atoms with Crippen LogP contribution in [0.15, 0.2) is 24.4 Å². The van der Waals surface area contributed by atoms with E-state index in [2.05, 4.69) is 35.6 Å². The lowest BCUT2D eigenvalue weighted by Gasteiger charge is -2.29. The SMILES string of the molecule is CCOC(=O)c1cnc(NC(=O)C2CC2)nc1Nc1cccc2c1N(C)Cc1nc(C)nn1-2. The number of fused-ring (bicyclic) bond motifs is 3. The molecule has 2 N–H and O–H groups in total. The Morgan fingerprint density at radius 3 is 2.82 bits per heavy atom. The van der Waals surface area contributed by atoms with E-state index in [0.29, 0.717) is 12.4 Å². The molecule has 0 unspecified atom stereocenters. The van der Waals surface area contributed by atoms with E-state index >= 15 is 0 Å². The van der Waals surface area contributed by atoms with Crippen molar-refractivity contribution in [1.82, 2.24) is 24.7 Å². The van der Waals surface area contributed by atoms with Gasteiger partial charge in [-0.15, -0.1) is 0 Å². The predicted molar refractivity (Wildman–Crippen MR) is 121 cm³/mol. The topological polar surface area (TPSA) is 127 Å². The summed E-state index contributed by atoms with van der Waals surface area (Å²) in [6.07, 6.45) is 3.10. The number of carbonyl (C=O) groups excluding carboxylic acids is 2. The number of aromatic nitrogens is 5. The van der Waals surface area contributed by atoms with Gasteiger partial charge in [-0.1, -0.05) is 6.07 Å². The summed E-state index contributed by atoms with van der Waals surface area (Å²) in [5, 5.41) is 10.5. The molecular formula is C22H24N8O3. The first-order chi connectivity index (χ1) is 15.9. The van der Waals surface area contributed by atoms with Crippen LogP contribution in [0.5, 0.6) is 0 Å². The third kappa shape index (κ3) is 3.97. The smallest absolute Gasteiger partial charge is 0.343 e. The monoisotopic (exact) mass is 448 g/mol. The van der Waals surface area contributed by atoms with Crippen LogP contribution in [-0.4, -0.2) is 50.3 Å². The largest absolute Gasteiger partial charge is 0.462 e. The Kier molecular flexibility index (Phi) is 5.15. The van der Waals surface area contributed by atoms with Crippen molar-refractivity contribution in [1.29, 1.82) is 0 Å². The minimum absolute atomic E-state index is 0.00451. The van der Waals surface area contributed by atoms with Crippen molar-refractivity contribution in [2.75, 3.05) is 29.2 Å². The lowest BCUT2D eigenvalue weighted by molar-refractivity contribution is -0.117. The predicted octanol–water partition coefficient (Wildman–Crippen LogP) is 2.58. The van der Waals surface area contributed by atoms with Crippen molar-refractivity contribution in [2.24, 2.45) is 5.92 Å². The van der Waals surface area contributed by atoms with Crippen molar-refractivity contribution in [3.05, 3.63) is 41.6 Å². The number of hydrogen-bond donors (Lipinski definition) is 2. The molecule has 1 aliphatic carbocycles. The molecule has 3 heterocycles. The third-order valence-electron chi connectivity index (χ3n) is 5.50. The first-order valence-electron chi connectivity index (χ1n) is 10.8. The molecule has 33 heavy (non-hydrogen) atoms. The number of benzene rings is 1. The number of anilines is 4. The number of amides is 1. The van der Waals surface area contributed by atoms with E-state index in [-0.39, 0.29) is 35.8 Å². The minimum Gasteiger partial charge on any atom is -0.462 e. The zero-order chi connectivity index (χ0) is 23.1. The quantitative estimate of drug-likeness (QED) is 0.547. The Balaban J connectivity index is 1.54. The summed E-state index contributed by atoms with van der Waals surface area (Å²) < 4.78 is 7.00. The highest BCUT2D eigenvalue weighted by Crippen LogP contribution is 2.38. The van der Waals surface area contributed by atoms with Crippen molar-refractivity contribution in [3.8, 4) is 5.69 Å². The molecule has 2 aromatic heterocycles. The van der Waals surface area contributed by atoms with Gasteiger partial charge in [-0.3, -0.25) is 10.1 Å². The van der Waals surface area contributed by atoms with E-state index in [1.807, 2.05) is 36.9 Å². The molecular weight excluding hydrogens is 424 g/mol. The van der Waals surface area contributed by atoms with E-state index in [4.69, 9.17) is 4.74 Å². The van der Waals surface area contributed by atoms with E-state index in [1.54, 1.807) is 6.92 Å². The Morgan fingerprint density at radius 1 is 1.24 bits per heavy atom. The summed E-state index contributed by atoms with van der Waals surface area (Å²) in [7, 11) is 1.96. The van der Waals surface area contributed by atoms with Gasteiger partial charge in [0.2, 0.25) is 11.9 Å². The van der Waals surface area contributed by atoms with E-state index in [0.717, 1.165) is 35.7 Å². The Hall–Kier alpha value is -4.02. The second-order valence-electron chi connectivity index (χ2n) is 8.08. The maximum absolute atomic E-state index is 12.6. The molecule has 1 aliphatic heterocycles. The highest BCUT2D eigenvalue weighted by molar-refractivity contribution is 5.97. The zero-order valence-corrected chi connectivity index (χ0v) is 18.6. The molecule has 1 amide bonds. The van der Waals surface area contributed by atoms with E-state index in [9.17, 15) is 9.59 Å². The van der Waals surface area contributed by atoms with Crippen molar-refractivity contribution in [2.45, 2.75) is 33.2 Å². The molecule has 1 aromatic carbocycles. The zero-order valence-electron chi connectivity index (χ0n) is 18.6. The van der Waals surface area contributed by atoms with Crippen LogP contribution in [0.25, 0.3) is 5.69 Å². The number of rotatable bonds is 6. The number of ether oxygens (including phenoxy) is 1. The Morgan fingerprint density at radius 2 is 2.06 bits per heavy atom. The van der Waals surface area contributed by atoms with Crippen molar-refractivity contribution >= 4 is 35.0 Å². The second-order valence-corrected chi connectivity index (χ2v) is 8.08. The van der Waals surface area contributed by atoms with Gasteiger partial charge in [-0.25, -0.2) is 19.4 Å². The molecule has 5 rings (SSSR count). The minimum atomic E-state index is -0.549. The summed E-state index contributed by atoms with van der Waals surface area (Å²) in [4.78, 5) is 39.9. The fourth-order valence-corrected chi connectivity index (χ4v) is 3.83. The third-order valence-corrected chi connectivity index (χ3v) is 5.50. The molecule has 0 radical (unpaired) electrons. The van der Waals surface area contributed by atoms with Gasteiger partial charge in [0, 0.05) is 19.2 Å². The molecule has 0 atom stereocenters. The highest BCUT2D eigenvalue weighted by Gasteiger charge is 2.31. The molecule has 0 bridgehead atoms. The Bertz CT molecular complexity index is 1250. The summed E-state index contributed by atoms with van der Waals surface area (Å²) in [6, 6.07) is 5.74. The average molecular weight is 448 g/mol. The maximum Gasteiger partial charge on any atom is 0.343 e. The first kappa shape index (κ1) is 20.9. The summed E-state index contributed by atoms with van der Waals surface area (Å²) in [5.74, 6) is 1.26. The molecule has 1 saturated carbocycles. The van der Waals surface area contributed by atoms with Crippen LogP contribution < -0.4 is 15.5 Å². The molecule has 2 aliphatic rings. The number of hydrogen-bond acceptors (Lipinski definition) is 9. The summed E-state index contributed by atoms with van der Waals surface area (Å²) >= 11 is 0. The normalized spacial score (nSPS) is 14.3. The van der Waals surface area contributed by atoms with Crippen LogP contribution in [-0.2, 0) is 16.1 Å². The first-order valence-corrected chi connectivity index (χ1v) is 10.8. The van der Waals surface area contributed by atoms with Crippen LogP contribution in [0.3, 0.4) is 0 Å². The number of para-hydroxylation sites is 1. The Labute approximate surface area is 190 Å². The molecule has 0 spiro atoms. The number of carbonyl (C=O) groups is 2. The number of nitrogens with one attached hydrogen (secondary N) is 2. The molecule has 0 saturated heterocycles. The fourth-order valence-electron chi connectivity index (χ4n) is 3.83. The van der Waals surface area contributed by atoms with Crippen LogP contribution in [0.2, 0.25) is 0 Å². The molecule has 3 aromatic rings. The van der Waals surface area contributed by atoms with Crippen LogP contribution in [0, 0.1) is 12.8 Å². The van der Waals surface area contributed by atoms with Gasteiger partial charge in [0.15, 0.2) is 11.6 Å². The maximum atomic E-state index is 12.6. The van der Waals surface area contributed by atoms with Crippen LogP contribution >= 0.6 is 0 Å². The number of nitrogens with zero attached hydrogens (tertiary/aromatic N) is 6. The molecule has 1 fully saturated rings. The highest BCUT2D eigenvalue weighted by atomic mass is 16.5. The molecule has 11 nitrogen and oxygen atoms in total. The van der Waals surface area contributed by atoms with Gasteiger partial charge in [-0.2, -0.15) is 10.1 Å². The van der Waals surface area contributed by atoms with Crippen molar-refractivity contribution < 1.29 is 14.3 Å². The standard InChI is InChI=1S/C22H24N8O3/c1-4-33-21(32)14-10-23-22(27-20(31)13-8-9-13)26-19(14)25-15-6-5-7-16-18(15)29(3)11-17-24-12(2)28-30(16)17/h5-7,10,13H,4,8-9,11H2,1-3H3,(H2,23,25,26,27,31). The van der Waals surface area contributed by atoms with Gasteiger partial charge in [-0.05, 0) is 38.8 Å². The van der Waals surface area contributed by atoms with Gasteiger partial charge >= 0.3 is 5.97 Å². The van der Waals surface area contributed by atoms with Gasteiger partial charge < -0.3 is 15.0 Å². The second kappa shape index (κ2) is 8.15. The van der Waals surface area contributed by atoms with Crippen molar-refractivity contribution in [3.63, 3.8) is 0 Å². The fraction of sp³-hybridized carbons (Fsp3) is 0.364. The van der Waals surface area contributed by atoms with Crippen LogP contribution in [0.1, 0.15) is 41.8 Å². The number of aryl methyl sites for hydroxylation is 1. The average Bonchev–Trinajstić information content (AvgIpc) is 3.56. The lowest BCUT2D eigenvalue weighted by Crippen LogP contribution is -2.27. The number of esters is 1. The molecule has 11 heteroatoms. The molecule has 170 valence electrons. The summed E-state index contributed by atoms with van der Waals surface area (Å²) in [6.45, 7) is 4.38. The van der Waals surface area contributed by atoms with Gasteiger partial charge in [0.25, 0.3) is 0 Å². The lowest BCUT2D eigenvalue weighted by atomic mass is 10.1. The van der Waals surface area contributed by atoms with E-state index < -0.39 is 5.97 Å². The van der Waals surface area contributed by atoms with Gasteiger partial charge in [0.1, 0.15) is 11.4 Å². The van der Waals surface area contributed by atoms with E-state index in [1.165, 1.54) is 6.20 Å². The summed E-state index contributed by atoms with van der Waals surface area (Å²) in [5.41, 5.74) is 2.64. The van der Waals surface area contributed by atoms with Gasteiger partial charge in [0.05, 0.1) is 30.2 Å².